The summed E-state index contributed by atoms with van der Waals surface area (Å²) < 4.78 is 0. The van der Waals surface area contributed by atoms with Gasteiger partial charge in [-0.25, -0.2) is 5.10 Å². The number of fused-ring (bicyclic) bond motifs is 1. The van der Waals surface area contributed by atoms with Crippen LogP contribution in [0.25, 0.3) is 11.3 Å². The summed E-state index contributed by atoms with van der Waals surface area (Å²) in [5.74, 6) is 0. The zero-order valence-electron chi connectivity index (χ0n) is 10.1. The number of H-pyrrole nitrogens is 1. The molecule has 92 valence electrons. The molecule has 1 aromatic heterocycles. The van der Waals surface area contributed by atoms with Crippen molar-refractivity contribution in [2.45, 2.75) is 12.8 Å². The molecular formula is C14H15N3O. The zero-order valence-corrected chi connectivity index (χ0v) is 10.1. The minimum absolute atomic E-state index is 0.169. The molecule has 2 heterocycles. The van der Waals surface area contributed by atoms with Gasteiger partial charge >= 0.3 is 0 Å². The highest BCUT2D eigenvalue weighted by Crippen LogP contribution is 2.21. The van der Waals surface area contributed by atoms with Crippen LogP contribution in [0.5, 0.6) is 0 Å². The first-order valence-electron chi connectivity index (χ1n) is 6.21. The van der Waals surface area contributed by atoms with E-state index in [0.717, 1.165) is 37.2 Å². The summed E-state index contributed by atoms with van der Waals surface area (Å²) in [5.41, 5.74) is 4.50. The van der Waals surface area contributed by atoms with E-state index >= 15 is 0 Å². The number of hydrogen-bond donors (Lipinski definition) is 2. The van der Waals surface area contributed by atoms with Gasteiger partial charge in [0.25, 0.3) is 5.56 Å². The third kappa shape index (κ3) is 2.19. The van der Waals surface area contributed by atoms with E-state index in [1.165, 1.54) is 17.2 Å². The van der Waals surface area contributed by atoms with E-state index in [0.29, 0.717) is 0 Å². The fourth-order valence-electron chi connectivity index (χ4n) is 2.34. The Labute approximate surface area is 105 Å². The van der Waals surface area contributed by atoms with E-state index < -0.39 is 0 Å². The second-order valence-electron chi connectivity index (χ2n) is 4.54. The quantitative estimate of drug-likeness (QED) is 0.786. The van der Waals surface area contributed by atoms with Gasteiger partial charge in [-0.3, -0.25) is 4.79 Å². The number of nitrogens with zero attached hydrogens (tertiary/aromatic N) is 1. The molecule has 1 aliphatic rings. The molecule has 0 unspecified atom stereocenters. The lowest BCUT2D eigenvalue weighted by atomic mass is 9.99. The number of hydrogen-bond acceptors (Lipinski definition) is 3. The van der Waals surface area contributed by atoms with Gasteiger partial charge in [0.05, 0.1) is 5.69 Å². The maximum atomic E-state index is 11.0. The molecular weight excluding hydrogens is 226 g/mol. The molecule has 0 radical (unpaired) electrons. The van der Waals surface area contributed by atoms with Crippen LogP contribution < -0.4 is 10.9 Å². The van der Waals surface area contributed by atoms with Crippen LogP contribution in [0.15, 0.2) is 35.1 Å². The molecule has 0 amide bonds. The fraction of sp³-hybridized carbons (Fsp3) is 0.286. The standard InChI is InChI=1S/C14H15N3O/c18-14-4-3-13(16-17-14)12-2-1-10-5-7-15-8-6-11(10)9-12/h1-4,9,15H,5-8H2,(H,17,18). The third-order valence-electron chi connectivity index (χ3n) is 3.32. The summed E-state index contributed by atoms with van der Waals surface area (Å²) in [6, 6.07) is 9.70. The molecule has 0 fully saturated rings. The Bertz CT molecular complexity index is 598. The van der Waals surface area contributed by atoms with Crippen molar-refractivity contribution >= 4 is 0 Å². The van der Waals surface area contributed by atoms with Crippen molar-refractivity contribution in [1.29, 1.82) is 0 Å². The monoisotopic (exact) mass is 241 g/mol. The highest BCUT2D eigenvalue weighted by atomic mass is 16.1. The van der Waals surface area contributed by atoms with Crippen molar-refractivity contribution in [1.82, 2.24) is 15.5 Å². The lowest BCUT2D eigenvalue weighted by Gasteiger charge is -2.07. The Morgan fingerprint density at radius 2 is 1.83 bits per heavy atom. The van der Waals surface area contributed by atoms with Crippen LogP contribution in [0.4, 0.5) is 0 Å². The van der Waals surface area contributed by atoms with Gasteiger partial charge in [-0.15, -0.1) is 0 Å². The highest BCUT2D eigenvalue weighted by Gasteiger charge is 2.09. The summed E-state index contributed by atoms with van der Waals surface area (Å²) in [4.78, 5) is 11.0. The van der Waals surface area contributed by atoms with E-state index in [1.54, 1.807) is 6.07 Å². The predicted molar refractivity (Wildman–Crippen MR) is 70.6 cm³/mol. The van der Waals surface area contributed by atoms with Crippen molar-refractivity contribution < 1.29 is 0 Å². The van der Waals surface area contributed by atoms with Crippen molar-refractivity contribution in [2.24, 2.45) is 0 Å². The summed E-state index contributed by atoms with van der Waals surface area (Å²) >= 11 is 0. The normalized spacial score (nSPS) is 14.9. The second kappa shape index (κ2) is 4.74. The van der Waals surface area contributed by atoms with Gasteiger partial charge in [-0.2, -0.15) is 5.10 Å². The fourth-order valence-corrected chi connectivity index (χ4v) is 2.34. The molecule has 1 aromatic carbocycles. The molecule has 4 heteroatoms. The highest BCUT2D eigenvalue weighted by molar-refractivity contribution is 5.60. The predicted octanol–water partition coefficient (Wildman–Crippen LogP) is 1.13. The molecule has 0 spiro atoms. The van der Waals surface area contributed by atoms with Crippen LogP contribution in [0.3, 0.4) is 0 Å². The number of nitrogens with one attached hydrogen (secondary N) is 2. The van der Waals surface area contributed by atoms with Crippen molar-refractivity contribution in [3.63, 3.8) is 0 Å². The van der Waals surface area contributed by atoms with Gasteiger partial charge in [-0.1, -0.05) is 12.1 Å². The summed E-state index contributed by atoms with van der Waals surface area (Å²) in [5, 5.41) is 9.94. The smallest absolute Gasteiger partial charge is 0.264 e. The second-order valence-corrected chi connectivity index (χ2v) is 4.54. The maximum absolute atomic E-state index is 11.0. The van der Waals surface area contributed by atoms with Gasteiger partial charge in [0, 0.05) is 11.6 Å². The van der Waals surface area contributed by atoms with Gasteiger partial charge in [0.2, 0.25) is 0 Å². The molecule has 0 saturated heterocycles. The minimum atomic E-state index is -0.169. The van der Waals surface area contributed by atoms with Crippen molar-refractivity contribution in [2.75, 3.05) is 13.1 Å². The van der Waals surface area contributed by atoms with E-state index in [2.05, 4.69) is 33.7 Å². The Hall–Kier alpha value is -1.94. The Balaban J connectivity index is 2.01. The topological polar surface area (TPSA) is 57.8 Å². The Kier molecular flexibility index (Phi) is 2.94. The molecule has 0 atom stereocenters. The Morgan fingerprint density at radius 1 is 1.00 bits per heavy atom. The van der Waals surface area contributed by atoms with Crippen LogP contribution in [-0.2, 0) is 12.8 Å². The first-order chi connectivity index (χ1) is 8.83. The van der Waals surface area contributed by atoms with Gasteiger partial charge in [0.15, 0.2) is 0 Å². The van der Waals surface area contributed by atoms with Gasteiger partial charge < -0.3 is 5.32 Å². The number of aromatic amines is 1. The maximum Gasteiger partial charge on any atom is 0.264 e. The third-order valence-corrected chi connectivity index (χ3v) is 3.32. The summed E-state index contributed by atoms with van der Waals surface area (Å²) in [7, 11) is 0. The van der Waals surface area contributed by atoms with E-state index in [4.69, 9.17) is 0 Å². The zero-order chi connectivity index (χ0) is 12.4. The lowest BCUT2D eigenvalue weighted by Crippen LogP contribution is -2.16. The van der Waals surface area contributed by atoms with Gasteiger partial charge in [0.1, 0.15) is 0 Å². The van der Waals surface area contributed by atoms with E-state index in [1.807, 2.05) is 0 Å². The molecule has 2 N–H and O–H groups in total. The van der Waals surface area contributed by atoms with Crippen LogP contribution in [0.2, 0.25) is 0 Å². The van der Waals surface area contributed by atoms with Crippen molar-refractivity contribution in [3.8, 4) is 11.3 Å². The summed E-state index contributed by atoms with van der Waals surface area (Å²) in [6.45, 7) is 2.07. The van der Waals surface area contributed by atoms with Gasteiger partial charge in [-0.05, 0) is 49.2 Å². The summed E-state index contributed by atoms with van der Waals surface area (Å²) in [6.07, 6.45) is 2.13. The molecule has 0 saturated carbocycles. The SMILES string of the molecule is O=c1ccc(-c2ccc3c(c2)CCNCC3)n[nH]1. The lowest BCUT2D eigenvalue weighted by molar-refractivity contribution is 0.711. The minimum Gasteiger partial charge on any atom is -0.316 e. The van der Waals surface area contributed by atoms with Crippen LogP contribution in [-0.4, -0.2) is 23.3 Å². The largest absolute Gasteiger partial charge is 0.316 e. The first-order valence-corrected chi connectivity index (χ1v) is 6.21. The average molecular weight is 241 g/mol. The van der Waals surface area contributed by atoms with Crippen LogP contribution in [0, 0.1) is 0 Å². The Morgan fingerprint density at radius 3 is 2.61 bits per heavy atom. The molecule has 18 heavy (non-hydrogen) atoms. The van der Waals surface area contributed by atoms with E-state index in [-0.39, 0.29) is 5.56 Å². The molecule has 0 aliphatic carbocycles. The number of benzene rings is 1. The number of rotatable bonds is 1. The molecule has 3 rings (SSSR count). The first kappa shape index (κ1) is 11.2. The molecule has 4 nitrogen and oxygen atoms in total. The average Bonchev–Trinajstić information content (AvgIpc) is 2.64. The van der Waals surface area contributed by atoms with Crippen molar-refractivity contribution in [3.05, 3.63) is 51.8 Å². The van der Waals surface area contributed by atoms with Crippen LogP contribution >= 0.6 is 0 Å². The molecule has 0 bridgehead atoms. The van der Waals surface area contributed by atoms with E-state index in [9.17, 15) is 4.79 Å². The molecule has 1 aliphatic heterocycles. The molecule has 2 aromatic rings. The van der Waals surface area contributed by atoms with Crippen LogP contribution in [0.1, 0.15) is 11.1 Å². The number of aromatic nitrogens is 2.